The van der Waals surface area contributed by atoms with Crippen LogP contribution in [0.1, 0.15) is 24.8 Å². The molecule has 0 atom stereocenters. The van der Waals surface area contributed by atoms with Crippen LogP contribution in [-0.4, -0.2) is 55.5 Å². The second kappa shape index (κ2) is 7.01. The van der Waals surface area contributed by atoms with Gasteiger partial charge in [0.1, 0.15) is 0 Å². The van der Waals surface area contributed by atoms with E-state index in [0.29, 0.717) is 32.6 Å². The zero-order valence-electron chi connectivity index (χ0n) is 13.4. The van der Waals surface area contributed by atoms with E-state index in [2.05, 4.69) is 0 Å². The minimum Gasteiger partial charge on any atom is -0.340 e. The number of benzene rings is 1. The minimum atomic E-state index is -3.25. The Morgan fingerprint density at radius 3 is 2.26 bits per heavy atom. The lowest BCUT2D eigenvalue weighted by Gasteiger charge is -2.37. The molecular weight excluding hydrogens is 312 g/mol. The summed E-state index contributed by atoms with van der Waals surface area (Å²) in [7, 11) is -3.25. The molecule has 1 heterocycles. The van der Waals surface area contributed by atoms with Crippen molar-refractivity contribution in [1.82, 2.24) is 9.21 Å². The quantitative estimate of drug-likeness (QED) is 0.819. The fourth-order valence-electron chi connectivity index (χ4n) is 3.12. The van der Waals surface area contributed by atoms with Crippen molar-refractivity contribution >= 4 is 15.9 Å². The molecule has 1 aliphatic carbocycles. The summed E-state index contributed by atoms with van der Waals surface area (Å²) in [6.45, 7) is 1.91. The maximum atomic E-state index is 12.5. The molecule has 1 aromatic rings. The van der Waals surface area contributed by atoms with E-state index < -0.39 is 10.0 Å². The first kappa shape index (κ1) is 16.5. The minimum absolute atomic E-state index is 0.133. The first-order chi connectivity index (χ1) is 11.1. The van der Waals surface area contributed by atoms with Crippen molar-refractivity contribution in [3.63, 3.8) is 0 Å². The van der Waals surface area contributed by atoms with Crippen molar-refractivity contribution < 1.29 is 13.2 Å². The number of nitrogens with zero attached hydrogens (tertiary/aromatic N) is 2. The zero-order valence-corrected chi connectivity index (χ0v) is 14.2. The standard InChI is InChI=1S/C17H24N2O3S/c20-17(16-7-4-8-16)18-10-12-19(13-11-18)23(21,22)14-9-15-5-2-1-3-6-15/h1-3,5-6,16H,4,7-14H2. The topological polar surface area (TPSA) is 57.7 Å². The molecule has 5 nitrogen and oxygen atoms in total. The Balaban J connectivity index is 1.50. The van der Waals surface area contributed by atoms with Gasteiger partial charge in [-0.2, -0.15) is 4.31 Å². The van der Waals surface area contributed by atoms with Crippen LogP contribution in [-0.2, 0) is 21.2 Å². The molecule has 1 saturated carbocycles. The van der Waals surface area contributed by atoms with E-state index in [1.54, 1.807) is 4.31 Å². The Labute approximate surface area is 138 Å². The van der Waals surface area contributed by atoms with Gasteiger partial charge in [-0.15, -0.1) is 0 Å². The van der Waals surface area contributed by atoms with Crippen molar-refractivity contribution in [3.05, 3.63) is 35.9 Å². The molecule has 1 aliphatic heterocycles. The molecule has 6 heteroatoms. The van der Waals surface area contributed by atoms with Crippen LogP contribution in [0.5, 0.6) is 0 Å². The van der Waals surface area contributed by atoms with Crippen LogP contribution in [0.3, 0.4) is 0 Å². The van der Waals surface area contributed by atoms with Gasteiger partial charge in [-0.25, -0.2) is 8.42 Å². The van der Waals surface area contributed by atoms with E-state index >= 15 is 0 Å². The average Bonchev–Trinajstić information content (AvgIpc) is 2.52. The molecule has 1 saturated heterocycles. The summed E-state index contributed by atoms with van der Waals surface area (Å²) >= 11 is 0. The van der Waals surface area contributed by atoms with E-state index in [4.69, 9.17) is 0 Å². The number of sulfonamides is 1. The molecule has 0 bridgehead atoms. The predicted molar refractivity (Wildman–Crippen MR) is 89.4 cm³/mol. The van der Waals surface area contributed by atoms with E-state index in [-0.39, 0.29) is 17.6 Å². The second-order valence-corrected chi connectivity index (χ2v) is 8.49. The highest BCUT2D eigenvalue weighted by Crippen LogP contribution is 2.28. The molecule has 23 heavy (non-hydrogen) atoms. The third kappa shape index (κ3) is 3.93. The van der Waals surface area contributed by atoms with Crippen LogP contribution in [0.15, 0.2) is 30.3 Å². The van der Waals surface area contributed by atoms with Crippen LogP contribution < -0.4 is 0 Å². The summed E-state index contributed by atoms with van der Waals surface area (Å²) in [5.41, 5.74) is 1.04. The fourth-order valence-corrected chi connectivity index (χ4v) is 4.59. The zero-order chi connectivity index (χ0) is 16.3. The summed E-state index contributed by atoms with van der Waals surface area (Å²) in [6, 6.07) is 9.67. The Morgan fingerprint density at radius 2 is 1.70 bits per heavy atom. The summed E-state index contributed by atoms with van der Waals surface area (Å²) < 4.78 is 26.5. The lowest BCUT2D eigenvalue weighted by Crippen LogP contribution is -2.53. The molecule has 0 aromatic heterocycles. The lowest BCUT2D eigenvalue weighted by atomic mass is 9.84. The Kier molecular flexibility index (Phi) is 5.02. The maximum absolute atomic E-state index is 12.5. The Hall–Kier alpha value is -1.40. The maximum Gasteiger partial charge on any atom is 0.225 e. The molecule has 1 aromatic carbocycles. The average molecular weight is 336 g/mol. The summed E-state index contributed by atoms with van der Waals surface area (Å²) in [5.74, 6) is 0.543. The molecule has 3 rings (SSSR count). The van der Waals surface area contributed by atoms with Crippen LogP contribution in [0, 0.1) is 5.92 Å². The summed E-state index contributed by atoms with van der Waals surface area (Å²) in [4.78, 5) is 14.0. The molecule has 1 amide bonds. The molecule has 0 N–H and O–H groups in total. The second-order valence-electron chi connectivity index (χ2n) is 6.40. The van der Waals surface area contributed by atoms with Crippen molar-refractivity contribution in [3.8, 4) is 0 Å². The number of hydrogen-bond acceptors (Lipinski definition) is 3. The van der Waals surface area contributed by atoms with Gasteiger partial charge in [0.25, 0.3) is 0 Å². The first-order valence-electron chi connectivity index (χ1n) is 8.37. The van der Waals surface area contributed by atoms with Crippen molar-refractivity contribution in [1.29, 1.82) is 0 Å². The van der Waals surface area contributed by atoms with Crippen LogP contribution in [0.25, 0.3) is 0 Å². The predicted octanol–water partition coefficient (Wildman–Crippen LogP) is 1.50. The van der Waals surface area contributed by atoms with Gasteiger partial charge in [0.05, 0.1) is 5.75 Å². The number of aryl methyl sites for hydroxylation is 1. The van der Waals surface area contributed by atoms with E-state index in [1.165, 1.54) is 0 Å². The normalized spacial score (nSPS) is 20.3. The Morgan fingerprint density at radius 1 is 1.04 bits per heavy atom. The SMILES string of the molecule is O=C(C1CCC1)N1CCN(S(=O)(=O)CCc2ccccc2)CC1. The molecule has 2 aliphatic rings. The van der Waals surface area contributed by atoms with Gasteiger partial charge in [-0.3, -0.25) is 4.79 Å². The summed E-state index contributed by atoms with van der Waals surface area (Å²) in [5, 5.41) is 0. The Bertz CT molecular complexity index is 633. The third-order valence-corrected chi connectivity index (χ3v) is 6.76. The van der Waals surface area contributed by atoms with Gasteiger partial charge >= 0.3 is 0 Å². The highest BCUT2D eigenvalue weighted by molar-refractivity contribution is 7.89. The van der Waals surface area contributed by atoms with Crippen LogP contribution >= 0.6 is 0 Å². The monoisotopic (exact) mass is 336 g/mol. The fraction of sp³-hybridized carbons (Fsp3) is 0.588. The highest BCUT2D eigenvalue weighted by atomic mass is 32.2. The molecule has 2 fully saturated rings. The largest absolute Gasteiger partial charge is 0.340 e. The number of carbonyl (C=O) groups excluding carboxylic acids is 1. The third-order valence-electron chi connectivity index (χ3n) is 4.89. The lowest BCUT2D eigenvalue weighted by molar-refractivity contribution is -0.139. The first-order valence-corrected chi connectivity index (χ1v) is 9.98. The van der Waals surface area contributed by atoms with Crippen LogP contribution in [0.2, 0.25) is 0 Å². The molecule has 0 radical (unpaired) electrons. The highest BCUT2D eigenvalue weighted by Gasteiger charge is 2.33. The van der Waals surface area contributed by atoms with E-state index in [9.17, 15) is 13.2 Å². The number of piperazine rings is 1. The van der Waals surface area contributed by atoms with E-state index in [0.717, 1.165) is 24.8 Å². The van der Waals surface area contributed by atoms with Crippen LogP contribution in [0.4, 0.5) is 0 Å². The van der Waals surface area contributed by atoms with E-state index in [1.807, 2.05) is 35.2 Å². The molecule has 0 spiro atoms. The summed E-state index contributed by atoms with van der Waals surface area (Å²) in [6.07, 6.45) is 3.66. The smallest absolute Gasteiger partial charge is 0.225 e. The van der Waals surface area contributed by atoms with Crippen molar-refractivity contribution in [2.75, 3.05) is 31.9 Å². The van der Waals surface area contributed by atoms with Gasteiger partial charge in [-0.1, -0.05) is 36.8 Å². The van der Waals surface area contributed by atoms with Crippen molar-refractivity contribution in [2.24, 2.45) is 5.92 Å². The molecular formula is C17H24N2O3S. The molecule has 126 valence electrons. The van der Waals surface area contributed by atoms with Gasteiger partial charge in [0.2, 0.25) is 15.9 Å². The number of carbonyl (C=O) groups is 1. The molecule has 0 unspecified atom stereocenters. The number of amides is 1. The number of hydrogen-bond donors (Lipinski definition) is 0. The van der Waals surface area contributed by atoms with Gasteiger partial charge in [0.15, 0.2) is 0 Å². The van der Waals surface area contributed by atoms with Gasteiger partial charge < -0.3 is 4.90 Å². The van der Waals surface area contributed by atoms with Crippen molar-refractivity contribution in [2.45, 2.75) is 25.7 Å². The van der Waals surface area contributed by atoms with Gasteiger partial charge in [0, 0.05) is 32.1 Å². The number of rotatable bonds is 5. The van der Waals surface area contributed by atoms with Gasteiger partial charge in [-0.05, 0) is 24.8 Å².